The molecule has 7 nitrogen and oxygen atoms in total. The van der Waals surface area contributed by atoms with Gasteiger partial charge in [-0.1, -0.05) is 44.9 Å². The highest BCUT2D eigenvalue weighted by atomic mass is 16.2. The first kappa shape index (κ1) is 24.3. The average molecular weight is 479 g/mol. The number of rotatable bonds is 8. The fraction of sp³-hybridized carbons (Fsp3) is 0.679. The molecule has 5 rings (SSSR count). The van der Waals surface area contributed by atoms with Gasteiger partial charge in [-0.15, -0.1) is 10.2 Å². The Kier molecular flexibility index (Phi) is 7.42. The maximum absolute atomic E-state index is 13.2. The summed E-state index contributed by atoms with van der Waals surface area (Å²) in [6, 6.07) is 12.3. The summed E-state index contributed by atoms with van der Waals surface area (Å²) in [6.45, 7) is 8.34. The number of piperidine rings is 1. The average Bonchev–Trinajstić information content (AvgIpc) is 3.55. The number of aryl methyl sites for hydroxylation is 1. The molecular weight excluding hydrogens is 436 g/mol. The maximum Gasteiger partial charge on any atom is 0.322 e. The lowest BCUT2D eigenvalue weighted by atomic mass is 9.96. The summed E-state index contributed by atoms with van der Waals surface area (Å²) in [5, 5.41) is 12.2. The molecule has 3 fully saturated rings. The van der Waals surface area contributed by atoms with Crippen molar-refractivity contribution in [3.63, 3.8) is 0 Å². The zero-order valence-electron chi connectivity index (χ0n) is 21.7. The number of carbonyl (C=O) groups excluding carboxylic acids is 1. The third-order valence-corrected chi connectivity index (χ3v) is 8.43. The van der Waals surface area contributed by atoms with Crippen LogP contribution in [0.5, 0.6) is 0 Å². The van der Waals surface area contributed by atoms with Crippen LogP contribution < -0.4 is 10.2 Å². The quantitative estimate of drug-likeness (QED) is 0.550. The molecule has 2 amide bonds. The van der Waals surface area contributed by atoms with Crippen molar-refractivity contribution in [1.29, 1.82) is 0 Å². The molecule has 1 N–H and O–H groups in total. The Labute approximate surface area is 210 Å². The third kappa shape index (κ3) is 5.25. The molecule has 2 aliphatic heterocycles. The monoisotopic (exact) mass is 478 g/mol. The Morgan fingerprint density at radius 3 is 2.37 bits per heavy atom. The van der Waals surface area contributed by atoms with E-state index in [2.05, 4.69) is 57.9 Å². The number of nitrogens with zero attached hydrogens (tertiary/aromatic N) is 5. The van der Waals surface area contributed by atoms with E-state index in [0.29, 0.717) is 30.1 Å². The van der Waals surface area contributed by atoms with Crippen molar-refractivity contribution in [1.82, 2.24) is 25.0 Å². The zero-order valence-corrected chi connectivity index (χ0v) is 21.7. The van der Waals surface area contributed by atoms with E-state index >= 15 is 0 Å². The first-order chi connectivity index (χ1) is 17.0. The lowest BCUT2D eigenvalue weighted by molar-refractivity contribution is 0.104. The third-order valence-electron chi connectivity index (χ3n) is 8.43. The molecule has 1 saturated carbocycles. The van der Waals surface area contributed by atoms with Crippen LogP contribution in [0.2, 0.25) is 0 Å². The molecule has 0 spiro atoms. The van der Waals surface area contributed by atoms with Crippen LogP contribution in [-0.4, -0.2) is 56.9 Å². The number of fused-ring (bicyclic) bond motifs is 2. The Balaban J connectivity index is 1.21. The topological polar surface area (TPSA) is 66.3 Å². The number of amides is 2. The van der Waals surface area contributed by atoms with E-state index in [4.69, 9.17) is 0 Å². The standard InChI is InChI=1S/C28H42N6O/c1-20(2)27-31-30-21(3)34(27)26-18-24-14-15-25(19-26)32(24)16-9-17-33(23-12-5-4-6-13-23)28(35)29-22-10-7-8-11-22/h4-6,12-13,20,22,24-26H,7-11,14-19H2,1-3H3,(H,29,35)/t24-,25+,26?. The highest BCUT2D eigenvalue weighted by Crippen LogP contribution is 2.42. The summed E-state index contributed by atoms with van der Waals surface area (Å²) in [7, 11) is 0. The largest absolute Gasteiger partial charge is 0.335 e. The summed E-state index contributed by atoms with van der Waals surface area (Å²) in [4.78, 5) is 17.9. The predicted octanol–water partition coefficient (Wildman–Crippen LogP) is 5.43. The number of nitrogens with one attached hydrogen (secondary N) is 1. The summed E-state index contributed by atoms with van der Waals surface area (Å²) in [5.41, 5.74) is 0.994. The molecule has 0 radical (unpaired) electrons. The fourth-order valence-electron chi connectivity index (χ4n) is 6.74. The highest BCUT2D eigenvalue weighted by molar-refractivity contribution is 5.92. The minimum Gasteiger partial charge on any atom is -0.335 e. The number of anilines is 1. The Morgan fingerprint density at radius 2 is 1.71 bits per heavy atom. The molecule has 7 heteroatoms. The first-order valence-corrected chi connectivity index (χ1v) is 13.8. The van der Waals surface area contributed by atoms with Gasteiger partial charge in [0.05, 0.1) is 0 Å². The number of benzene rings is 1. The van der Waals surface area contributed by atoms with Crippen LogP contribution in [-0.2, 0) is 0 Å². The second-order valence-corrected chi connectivity index (χ2v) is 11.1. The van der Waals surface area contributed by atoms with E-state index in [1.54, 1.807) is 0 Å². The molecular formula is C28H42N6O. The molecule has 2 bridgehead atoms. The SMILES string of the molecule is Cc1nnc(C(C)C)n1C1C[C@H]2CC[C@@H](C1)N2CCCN(C(=O)NC1CCCC1)c1ccccc1. The lowest BCUT2D eigenvalue weighted by Crippen LogP contribution is -2.47. The van der Waals surface area contributed by atoms with Crippen LogP contribution in [0.25, 0.3) is 0 Å². The maximum atomic E-state index is 13.2. The van der Waals surface area contributed by atoms with Crippen molar-refractivity contribution >= 4 is 11.7 Å². The van der Waals surface area contributed by atoms with Crippen LogP contribution in [0, 0.1) is 6.92 Å². The van der Waals surface area contributed by atoms with Gasteiger partial charge in [0.1, 0.15) is 11.6 Å². The van der Waals surface area contributed by atoms with Crippen molar-refractivity contribution in [3.8, 4) is 0 Å². The minimum atomic E-state index is 0.0640. The van der Waals surface area contributed by atoms with Crippen molar-refractivity contribution in [2.24, 2.45) is 0 Å². The molecule has 35 heavy (non-hydrogen) atoms. The zero-order chi connectivity index (χ0) is 24.4. The van der Waals surface area contributed by atoms with Gasteiger partial charge in [0.2, 0.25) is 0 Å². The number of aromatic nitrogens is 3. The Morgan fingerprint density at radius 1 is 1.03 bits per heavy atom. The number of hydrogen-bond acceptors (Lipinski definition) is 4. The number of carbonyl (C=O) groups is 1. The van der Waals surface area contributed by atoms with Crippen molar-refractivity contribution in [2.45, 2.75) is 109 Å². The molecule has 2 aromatic rings. The van der Waals surface area contributed by atoms with Gasteiger partial charge in [0.25, 0.3) is 0 Å². The molecule has 1 unspecified atom stereocenters. The van der Waals surface area contributed by atoms with Gasteiger partial charge in [-0.25, -0.2) is 4.79 Å². The van der Waals surface area contributed by atoms with Crippen LogP contribution in [0.1, 0.15) is 95.2 Å². The summed E-state index contributed by atoms with van der Waals surface area (Å²) >= 11 is 0. The predicted molar refractivity (Wildman–Crippen MR) is 140 cm³/mol. The summed E-state index contributed by atoms with van der Waals surface area (Å²) in [5.74, 6) is 2.58. The van der Waals surface area contributed by atoms with Gasteiger partial charge in [-0.2, -0.15) is 0 Å². The lowest BCUT2D eigenvalue weighted by Gasteiger charge is -2.40. The molecule has 1 aromatic heterocycles. The smallest absolute Gasteiger partial charge is 0.322 e. The van der Waals surface area contributed by atoms with Gasteiger partial charge >= 0.3 is 6.03 Å². The van der Waals surface area contributed by atoms with Gasteiger partial charge in [-0.05, 0) is 64.0 Å². The first-order valence-electron chi connectivity index (χ1n) is 13.8. The summed E-state index contributed by atoms with van der Waals surface area (Å²) in [6.07, 6.45) is 10.6. The fourth-order valence-corrected chi connectivity index (χ4v) is 6.74. The van der Waals surface area contributed by atoms with E-state index < -0.39 is 0 Å². The highest BCUT2D eigenvalue weighted by Gasteiger charge is 2.42. The van der Waals surface area contributed by atoms with Crippen molar-refractivity contribution < 1.29 is 4.79 Å². The molecule has 1 aromatic carbocycles. The number of urea groups is 1. The second kappa shape index (κ2) is 10.7. The Bertz CT molecular complexity index is 969. The second-order valence-electron chi connectivity index (χ2n) is 11.1. The number of hydrogen-bond donors (Lipinski definition) is 1. The molecule has 2 saturated heterocycles. The summed E-state index contributed by atoms with van der Waals surface area (Å²) < 4.78 is 2.43. The molecule has 190 valence electrons. The molecule has 3 aliphatic rings. The van der Waals surface area contributed by atoms with E-state index in [9.17, 15) is 4.79 Å². The van der Waals surface area contributed by atoms with Crippen LogP contribution in [0.3, 0.4) is 0 Å². The minimum absolute atomic E-state index is 0.0640. The Hall–Kier alpha value is -2.41. The molecule has 3 heterocycles. The van der Waals surface area contributed by atoms with E-state index in [1.807, 2.05) is 23.1 Å². The van der Waals surface area contributed by atoms with Crippen LogP contribution >= 0.6 is 0 Å². The number of para-hydroxylation sites is 1. The van der Waals surface area contributed by atoms with Crippen LogP contribution in [0.15, 0.2) is 30.3 Å². The van der Waals surface area contributed by atoms with E-state index in [0.717, 1.165) is 49.7 Å². The van der Waals surface area contributed by atoms with Gasteiger partial charge in [0.15, 0.2) is 0 Å². The van der Waals surface area contributed by atoms with E-state index in [-0.39, 0.29) is 6.03 Å². The van der Waals surface area contributed by atoms with E-state index in [1.165, 1.54) is 38.5 Å². The molecule has 1 aliphatic carbocycles. The van der Waals surface area contributed by atoms with Gasteiger partial charge in [0, 0.05) is 48.9 Å². The van der Waals surface area contributed by atoms with Crippen molar-refractivity contribution in [2.75, 3.05) is 18.0 Å². The van der Waals surface area contributed by atoms with Gasteiger partial charge in [-0.3, -0.25) is 9.80 Å². The van der Waals surface area contributed by atoms with Crippen LogP contribution in [0.4, 0.5) is 10.5 Å². The van der Waals surface area contributed by atoms with Gasteiger partial charge < -0.3 is 9.88 Å². The normalized spacial score (nSPS) is 24.9. The molecule has 3 atom stereocenters. The van der Waals surface area contributed by atoms with Crippen molar-refractivity contribution in [3.05, 3.63) is 42.0 Å².